The Morgan fingerprint density at radius 2 is 1.56 bits per heavy atom. The Bertz CT molecular complexity index is 1090. The van der Waals surface area contributed by atoms with Crippen molar-refractivity contribution < 1.29 is 23.8 Å². The Morgan fingerprint density at radius 3 is 2.22 bits per heavy atom. The largest absolute Gasteiger partial charge is 0.490 e. The molecule has 0 unspecified atom stereocenters. The van der Waals surface area contributed by atoms with E-state index in [0.29, 0.717) is 35.3 Å². The lowest BCUT2D eigenvalue weighted by Gasteiger charge is -2.15. The Morgan fingerprint density at radius 1 is 0.875 bits per heavy atom. The summed E-state index contributed by atoms with van der Waals surface area (Å²) < 4.78 is 16.7. The van der Waals surface area contributed by atoms with E-state index in [1.165, 1.54) is 12.1 Å². The molecule has 0 bridgehead atoms. The van der Waals surface area contributed by atoms with Crippen LogP contribution in [0, 0.1) is 6.92 Å². The van der Waals surface area contributed by atoms with E-state index in [1.807, 2.05) is 38.1 Å². The number of hydrogen-bond acceptors (Lipinski definition) is 5. The van der Waals surface area contributed by atoms with Gasteiger partial charge in [0.25, 0.3) is 0 Å². The fraction of sp³-hybridized carbons (Fsp3) is 0.200. The van der Waals surface area contributed by atoms with Crippen molar-refractivity contribution in [1.82, 2.24) is 0 Å². The van der Waals surface area contributed by atoms with Crippen molar-refractivity contribution in [3.8, 4) is 11.5 Å². The number of ether oxygens (including phenoxy) is 3. The number of carbonyl (C=O) groups excluding carboxylic acids is 2. The maximum atomic E-state index is 12.5. The van der Waals surface area contributed by atoms with E-state index in [-0.39, 0.29) is 16.4 Å². The number of Topliss-reactive ketones (excluding diaryl/α,β-unsaturated/α-hetero) is 1. The molecule has 3 aromatic rings. The highest BCUT2D eigenvalue weighted by atomic mass is 35.5. The highest BCUT2D eigenvalue weighted by Crippen LogP contribution is 2.37. The summed E-state index contributed by atoms with van der Waals surface area (Å²) in [5, 5.41) is 0.723. The van der Waals surface area contributed by atoms with Gasteiger partial charge in [0.15, 0.2) is 23.9 Å². The summed E-state index contributed by atoms with van der Waals surface area (Å²) in [5.74, 6) is -0.379. The third-order valence-corrected chi connectivity index (χ3v) is 5.08. The number of aryl methyl sites for hydroxylation is 1. The highest BCUT2D eigenvalue weighted by Gasteiger charge is 2.19. The quantitative estimate of drug-likeness (QED) is 0.269. The molecule has 0 fully saturated rings. The molecule has 0 N–H and O–H groups in total. The van der Waals surface area contributed by atoms with Gasteiger partial charge in [0.2, 0.25) is 0 Å². The first-order valence-corrected chi connectivity index (χ1v) is 10.7. The van der Waals surface area contributed by atoms with Crippen LogP contribution < -0.4 is 9.47 Å². The lowest BCUT2D eigenvalue weighted by Crippen LogP contribution is -2.14. The standard InChI is InChI=1S/C25H22Cl2O5/c1-3-30-23-13-19(25(29)32-15-22(28)18-8-10-20(26)11-9-18)12-21(27)24(23)31-14-17-6-4-16(2)5-7-17/h4-13H,3,14-15H2,1-2H3. The highest BCUT2D eigenvalue weighted by molar-refractivity contribution is 6.32. The zero-order valence-electron chi connectivity index (χ0n) is 17.7. The van der Waals surface area contributed by atoms with Gasteiger partial charge in [0, 0.05) is 10.6 Å². The van der Waals surface area contributed by atoms with Crippen molar-refractivity contribution in [2.45, 2.75) is 20.5 Å². The molecular formula is C25H22Cl2O5. The van der Waals surface area contributed by atoms with Crippen molar-refractivity contribution in [1.29, 1.82) is 0 Å². The predicted octanol–water partition coefficient (Wildman–Crippen LogP) is 6.32. The second kappa shape index (κ2) is 11.0. The first-order valence-electron chi connectivity index (χ1n) is 9.98. The summed E-state index contributed by atoms with van der Waals surface area (Å²) in [5.41, 5.74) is 2.68. The monoisotopic (exact) mass is 472 g/mol. The van der Waals surface area contributed by atoms with Crippen LogP contribution in [0.2, 0.25) is 10.0 Å². The average Bonchev–Trinajstić information content (AvgIpc) is 2.78. The molecule has 0 spiro atoms. The van der Waals surface area contributed by atoms with Crippen LogP contribution in [-0.4, -0.2) is 25.0 Å². The van der Waals surface area contributed by atoms with Crippen molar-refractivity contribution in [3.05, 3.63) is 93.0 Å². The van der Waals surface area contributed by atoms with E-state index >= 15 is 0 Å². The Labute approximate surface area is 196 Å². The summed E-state index contributed by atoms with van der Waals surface area (Å²) in [4.78, 5) is 24.7. The van der Waals surface area contributed by atoms with Gasteiger partial charge in [-0.3, -0.25) is 4.79 Å². The zero-order chi connectivity index (χ0) is 23.1. The van der Waals surface area contributed by atoms with Crippen molar-refractivity contribution in [2.75, 3.05) is 13.2 Å². The molecule has 0 heterocycles. The van der Waals surface area contributed by atoms with Crippen LogP contribution in [0.1, 0.15) is 38.8 Å². The van der Waals surface area contributed by atoms with E-state index in [2.05, 4.69) is 0 Å². The summed E-state index contributed by atoms with van der Waals surface area (Å²) in [6.07, 6.45) is 0. The lowest BCUT2D eigenvalue weighted by molar-refractivity contribution is 0.0474. The topological polar surface area (TPSA) is 61.8 Å². The van der Waals surface area contributed by atoms with Gasteiger partial charge in [-0.05, 0) is 55.8 Å². The van der Waals surface area contributed by atoms with Crippen LogP contribution in [0.25, 0.3) is 0 Å². The zero-order valence-corrected chi connectivity index (χ0v) is 19.2. The van der Waals surface area contributed by atoms with Crippen molar-refractivity contribution in [2.24, 2.45) is 0 Å². The number of hydrogen-bond donors (Lipinski definition) is 0. The third-order valence-electron chi connectivity index (χ3n) is 4.55. The summed E-state index contributed by atoms with van der Waals surface area (Å²) in [7, 11) is 0. The van der Waals surface area contributed by atoms with Gasteiger partial charge >= 0.3 is 5.97 Å². The number of halogens is 2. The molecule has 0 saturated heterocycles. The van der Waals surface area contributed by atoms with E-state index in [0.717, 1.165) is 11.1 Å². The number of esters is 1. The second-order valence-electron chi connectivity index (χ2n) is 7.00. The van der Waals surface area contributed by atoms with Gasteiger partial charge in [-0.1, -0.05) is 53.0 Å². The molecule has 7 heteroatoms. The number of benzene rings is 3. The summed E-state index contributed by atoms with van der Waals surface area (Å²) in [6, 6.07) is 17.2. The van der Waals surface area contributed by atoms with E-state index in [1.54, 1.807) is 24.3 Å². The molecule has 0 aliphatic rings. The minimum atomic E-state index is -0.694. The Hall–Kier alpha value is -3.02. The molecule has 3 aromatic carbocycles. The number of ketones is 1. The normalized spacial score (nSPS) is 10.5. The van der Waals surface area contributed by atoms with Crippen molar-refractivity contribution in [3.63, 3.8) is 0 Å². The molecule has 0 amide bonds. The maximum Gasteiger partial charge on any atom is 0.338 e. The second-order valence-corrected chi connectivity index (χ2v) is 7.84. The average molecular weight is 473 g/mol. The van der Waals surface area contributed by atoms with Gasteiger partial charge in [-0.25, -0.2) is 4.79 Å². The van der Waals surface area contributed by atoms with Crippen LogP contribution in [0.3, 0.4) is 0 Å². The predicted molar refractivity (Wildman–Crippen MR) is 124 cm³/mol. The Kier molecular flexibility index (Phi) is 8.14. The van der Waals surface area contributed by atoms with Gasteiger partial charge < -0.3 is 14.2 Å². The molecule has 0 aliphatic carbocycles. The molecular weight excluding hydrogens is 451 g/mol. The molecule has 0 atom stereocenters. The van der Waals surface area contributed by atoms with Crippen molar-refractivity contribution >= 4 is 35.0 Å². The molecule has 5 nitrogen and oxygen atoms in total. The molecule has 3 rings (SSSR count). The minimum Gasteiger partial charge on any atom is -0.490 e. The van der Waals surface area contributed by atoms with Gasteiger partial charge in [0.1, 0.15) is 6.61 Å². The van der Waals surface area contributed by atoms with Gasteiger partial charge in [-0.15, -0.1) is 0 Å². The van der Waals surface area contributed by atoms with Gasteiger partial charge in [0.05, 0.1) is 17.2 Å². The van der Waals surface area contributed by atoms with Gasteiger partial charge in [-0.2, -0.15) is 0 Å². The molecule has 166 valence electrons. The van der Waals surface area contributed by atoms with Crippen LogP contribution in [0.5, 0.6) is 11.5 Å². The first kappa shape index (κ1) is 23.6. The van der Waals surface area contributed by atoms with Crippen LogP contribution in [0.15, 0.2) is 60.7 Å². The van der Waals surface area contributed by atoms with Crippen LogP contribution in [-0.2, 0) is 11.3 Å². The molecule has 0 radical (unpaired) electrons. The van der Waals surface area contributed by atoms with E-state index in [9.17, 15) is 9.59 Å². The fourth-order valence-corrected chi connectivity index (χ4v) is 3.25. The first-order chi connectivity index (χ1) is 15.4. The third kappa shape index (κ3) is 6.25. The number of rotatable bonds is 9. The van der Waals surface area contributed by atoms with E-state index < -0.39 is 12.6 Å². The summed E-state index contributed by atoms with van der Waals surface area (Å²) >= 11 is 12.2. The molecule has 0 saturated carbocycles. The van der Waals surface area contributed by atoms with Crippen LogP contribution >= 0.6 is 23.2 Å². The van der Waals surface area contributed by atoms with E-state index in [4.69, 9.17) is 37.4 Å². The lowest BCUT2D eigenvalue weighted by atomic mass is 10.1. The smallest absolute Gasteiger partial charge is 0.338 e. The number of carbonyl (C=O) groups is 2. The minimum absolute atomic E-state index is 0.157. The molecule has 32 heavy (non-hydrogen) atoms. The molecule has 0 aliphatic heterocycles. The Balaban J connectivity index is 1.70. The SMILES string of the molecule is CCOc1cc(C(=O)OCC(=O)c2ccc(Cl)cc2)cc(Cl)c1OCc1ccc(C)cc1. The fourth-order valence-electron chi connectivity index (χ4n) is 2.86. The maximum absolute atomic E-state index is 12.5. The van der Waals surface area contributed by atoms with Crippen LogP contribution in [0.4, 0.5) is 0 Å². The molecule has 0 aromatic heterocycles. The summed E-state index contributed by atoms with van der Waals surface area (Å²) in [6.45, 7) is 4.06.